The van der Waals surface area contributed by atoms with E-state index in [2.05, 4.69) is 25.9 Å². The smallest absolute Gasteiger partial charge is 0.326 e. The van der Waals surface area contributed by atoms with E-state index in [1.165, 1.54) is 24.7 Å². The maximum atomic E-state index is 13.4. The highest BCUT2D eigenvalue weighted by Crippen LogP contribution is 2.12. The number of aromatic hydroxyl groups is 1. The van der Waals surface area contributed by atoms with Gasteiger partial charge in [0, 0.05) is 31.2 Å². The van der Waals surface area contributed by atoms with E-state index in [-0.39, 0.29) is 25.0 Å². The number of nitrogens with one attached hydrogen (secondary N) is 4. The van der Waals surface area contributed by atoms with Gasteiger partial charge in [0.05, 0.1) is 12.9 Å². The Morgan fingerprint density at radius 1 is 0.800 bits per heavy atom. The highest BCUT2D eigenvalue weighted by molar-refractivity contribution is 5.94. The van der Waals surface area contributed by atoms with Crippen LogP contribution in [0.3, 0.4) is 0 Å². The maximum absolute atomic E-state index is 13.4. The van der Waals surface area contributed by atoms with Crippen molar-refractivity contribution >= 4 is 23.7 Å². The molecule has 0 aliphatic carbocycles. The number of carbonyl (C=O) groups is 4. The molecule has 1 aromatic heterocycles. The average Bonchev–Trinajstić information content (AvgIpc) is 3.46. The lowest BCUT2D eigenvalue weighted by atomic mass is 10.0. The number of aliphatic hydroxyl groups excluding tert-OH is 1. The Morgan fingerprint density at radius 3 is 1.93 bits per heavy atom. The Labute approximate surface area is 229 Å². The SMILES string of the molecule is NC(CO)C(=O)NC(Cc1ccc(O)cc1)C(=O)NC(Cc1cnc[nH]1)C(=O)NC(Cc1ccccc1)C(=O)O. The molecule has 3 amide bonds. The Morgan fingerprint density at radius 2 is 1.35 bits per heavy atom. The average molecular weight is 553 g/mol. The number of imidazole rings is 1. The summed E-state index contributed by atoms with van der Waals surface area (Å²) < 4.78 is 0. The third-order valence-corrected chi connectivity index (χ3v) is 6.05. The summed E-state index contributed by atoms with van der Waals surface area (Å²) in [7, 11) is 0. The molecule has 40 heavy (non-hydrogen) atoms. The minimum Gasteiger partial charge on any atom is -0.508 e. The van der Waals surface area contributed by atoms with Gasteiger partial charge in [0.1, 0.15) is 29.9 Å². The molecule has 0 spiro atoms. The van der Waals surface area contributed by atoms with Crippen molar-refractivity contribution in [2.75, 3.05) is 6.61 Å². The second kappa shape index (κ2) is 14.4. The molecule has 0 saturated carbocycles. The first kappa shape index (κ1) is 29.8. The number of nitrogens with two attached hydrogens (primary N) is 1. The minimum absolute atomic E-state index is 0.0101. The molecule has 0 aliphatic heterocycles. The maximum Gasteiger partial charge on any atom is 0.326 e. The zero-order valence-electron chi connectivity index (χ0n) is 21.5. The molecule has 0 saturated heterocycles. The Balaban J connectivity index is 1.81. The number of hydrogen-bond donors (Lipinski definition) is 8. The Bertz CT molecular complexity index is 1270. The number of benzene rings is 2. The first-order valence-electron chi connectivity index (χ1n) is 12.5. The van der Waals surface area contributed by atoms with E-state index in [9.17, 15) is 34.5 Å². The molecule has 3 aromatic rings. The number of aliphatic hydroxyl groups is 1. The molecule has 0 aliphatic rings. The lowest BCUT2D eigenvalue weighted by Crippen LogP contribution is -2.58. The van der Waals surface area contributed by atoms with Crippen LogP contribution < -0.4 is 21.7 Å². The number of carboxylic acid groups (broad SMARTS) is 1. The molecular formula is C27H32N6O7. The molecule has 1 heterocycles. The number of phenolic OH excluding ortho intramolecular Hbond substituents is 1. The van der Waals surface area contributed by atoms with Crippen LogP contribution in [0.4, 0.5) is 0 Å². The summed E-state index contributed by atoms with van der Waals surface area (Å²) in [6, 6.07) is 9.70. The van der Waals surface area contributed by atoms with Gasteiger partial charge >= 0.3 is 5.97 Å². The number of aromatic nitrogens is 2. The first-order chi connectivity index (χ1) is 19.2. The van der Waals surface area contributed by atoms with E-state index in [4.69, 9.17) is 5.73 Å². The van der Waals surface area contributed by atoms with Crippen LogP contribution in [0.5, 0.6) is 5.75 Å². The van der Waals surface area contributed by atoms with E-state index in [0.717, 1.165) is 0 Å². The van der Waals surface area contributed by atoms with Gasteiger partial charge in [0.2, 0.25) is 17.7 Å². The highest BCUT2D eigenvalue weighted by Gasteiger charge is 2.31. The van der Waals surface area contributed by atoms with Crippen molar-refractivity contribution < 1.29 is 34.5 Å². The van der Waals surface area contributed by atoms with Crippen molar-refractivity contribution in [1.29, 1.82) is 0 Å². The zero-order valence-corrected chi connectivity index (χ0v) is 21.5. The van der Waals surface area contributed by atoms with Gasteiger partial charge in [-0.05, 0) is 23.3 Å². The van der Waals surface area contributed by atoms with Gasteiger partial charge in [-0.25, -0.2) is 9.78 Å². The normalized spacial score (nSPS) is 13.8. The summed E-state index contributed by atoms with van der Waals surface area (Å²) in [5.74, 6) is -3.53. The molecule has 212 valence electrons. The van der Waals surface area contributed by atoms with Gasteiger partial charge in [-0.1, -0.05) is 42.5 Å². The van der Waals surface area contributed by atoms with Crippen molar-refractivity contribution in [2.45, 2.75) is 43.4 Å². The van der Waals surface area contributed by atoms with Crippen LogP contribution in [0, 0.1) is 0 Å². The quantitative estimate of drug-likeness (QED) is 0.123. The van der Waals surface area contributed by atoms with Gasteiger partial charge in [0.15, 0.2) is 0 Å². The van der Waals surface area contributed by atoms with Crippen LogP contribution >= 0.6 is 0 Å². The number of hydrogen-bond acceptors (Lipinski definition) is 8. The molecular weight excluding hydrogens is 520 g/mol. The summed E-state index contributed by atoms with van der Waals surface area (Å²) in [6.07, 6.45) is 2.80. The second-order valence-electron chi connectivity index (χ2n) is 9.15. The molecule has 4 unspecified atom stereocenters. The number of carboxylic acids is 1. The van der Waals surface area contributed by atoms with Crippen molar-refractivity contribution in [2.24, 2.45) is 5.73 Å². The number of nitrogens with zero attached hydrogens (tertiary/aromatic N) is 1. The number of H-pyrrole nitrogens is 1. The van der Waals surface area contributed by atoms with Crippen molar-refractivity contribution in [3.05, 3.63) is 83.9 Å². The standard InChI is InChI=1S/C27H32N6O7/c28-20(14-34)24(36)31-21(10-17-6-8-19(35)9-7-17)25(37)32-22(12-18-13-29-15-30-18)26(38)33-23(27(39)40)11-16-4-2-1-3-5-16/h1-9,13,15,20-23,34-35H,10-12,14,28H2,(H,29,30)(H,31,36)(H,32,37)(H,33,38)(H,39,40). The summed E-state index contributed by atoms with van der Waals surface area (Å²) in [6.45, 7) is -0.651. The van der Waals surface area contributed by atoms with Gasteiger partial charge in [-0.2, -0.15) is 0 Å². The number of amides is 3. The molecule has 0 radical (unpaired) electrons. The third kappa shape index (κ3) is 8.92. The fraction of sp³-hybridized carbons (Fsp3) is 0.296. The lowest BCUT2D eigenvalue weighted by molar-refractivity contribution is -0.142. The summed E-state index contributed by atoms with van der Waals surface area (Å²) in [5.41, 5.74) is 7.38. The number of aromatic amines is 1. The number of aliphatic carboxylic acids is 1. The molecule has 13 heteroatoms. The summed E-state index contributed by atoms with van der Waals surface area (Å²) in [4.78, 5) is 57.9. The molecule has 9 N–H and O–H groups in total. The third-order valence-electron chi connectivity index (χ3n) is 6.05. The van der Waals surface area contributed by atoms with Crippen LogP contribution in [-0.2, 0) is 38.4 Å². The van der Waals surface area contributed by atoms with Gasteiger partial charge in [0.25, 0.3) is 0 Å². The van der Waals surface area contributed by atoms with Crippen molar-refractivity contribution in [3.8, 4) is 5.75 Å². The van der Waals surface area contributed by atoms with Crippen LogP contribution in [0.2, 0.25) is 0 Å². The molecule has 2 aromatic carbocycles. The van der Waals surface area contributed by atoms with Crippen LogP contribution in [-0.4, -0.2) is 79.8 Å². The molecule has 0 bridgehead atoms. The number of carbonyl (C=O) groups excluding carboxylic acids is 3. The van der Waals surface area contributed by atoms with Gasteiger partial charge < -0.3 is 42.0 Å². The molecule has 0 fully saturated rings. The fourth-order valence-corrected chi connectivity index (χ4v) is 3.86. The van der Waals surface area contributed by atoms with Crippen LogP contribution in [0.1, 0.15) is 16.8 Å². The van der Waals surface area contributed by atoms with E-state index >= 15 is 0 Å². The topological polar surface area (TPSA) is 220 Å². The van der Waals surface area contributed by atoms with Crippen molar-refractivity contribution in [1.82, 2.24) is 25.9 Å². The fourth-order valence-electron chi connectivity index (χ4n) is 3.86. The van der Waals surface area contributed by atoms with E-state index < -0.39 is 54.5 Å². The highest BCUT2D eigenvalue weighted by atomic mass is 16.4. The molecule has 3 rings (SSSR count). The number of rotatable bonds is 14. The van der Waals surface area contributed by atoms with Gasteiger partial charge in [-0.3, -0.25) is 14.4 Å². The van der Waals surface area contributed by atoms with Crippen LogP contribution in [0.25, 0.3) is 0 Å². The summed E-state index contributed by atoms with van der Waals surface area (Å²) in [5, 5.41) is 36.1. The predicted molar refractivity (Wildman–Crippen MR) is 143 cm³/mol. The first-order valence-corrected chi connectivity index (χ1v) is 12.5. The van der Waals surface area contributed by atoms with E-state index in [0.29, 0.717) is 16.8 Å². The minimum atomic E-state index is -1.28. The zero-order chi connectivity index (χ0) is 29.1. The molecule has 13 nitrogen and oxygen atoms in total. The largest absolute Gasteiger partial charge is 0.508 e. The monoisotopic (exact) mass is 552 g/mol. The Hall–Kier alpha value is -4.75. The van der Waals surface area contributed by atoms with Gasteiger partial charge in [-0.15, -0.1) is 0 Å². The lowest BCUT2D eigenvalue weighted by Gasteiger charge is -2.25. The van der Waals surface area contributed by atoms with Crippen LogP contribution in [0.15, 0.2) is 67.1 Å². The second-order valence-corrected chi connectivity index (χ2v) is 9.15. The Kier molecular flexibility index (Phi) is 10.7. The number of phenols is 1. The summed E-state index contributed by atoms with van der Waals surface area (Å²) >= 11 is 0. The van der Waals surface area contributed by atoms with E-state index in [1.54, 1.807) is 42.5 Å². The predicted octanol–water partition coefficient (Wildman–Crippen LogP) is -0.998. The van der Waals surface area contributed by atoms with E-state index in [1.807, 2.05) is 0 Å². The van der Waals surface area contributed by atoms with Crippen molar-refractivity contribution in [3.63, 3.8) is 0 Å². The molecule has 4 atom stereocenters.